The highest BCUT2D eigenvalue weighted by Crippen LogP contribution is 2.45. The van der Waals surface area contributed by atoms with E-state index in [1.807, 2.05) is 0 Å². The van der Waals surface area contributed by atoms with Gasteiger partial charge in [-0.15, -0.1) is 0 Å². The van der Waals surface area contributed by atoms with Crippen LogP contribution in [0.2, 0.25) is 0 Å². The molecule has 1 atom stereocenters. The van der Waals surface area contributed by atoms with Gasteiger partial charge in [0.05, 0.1) is 0 Å². The van der Waals surface area contributed by atoms with E-state index in [2.05, 4.69) is 35.8 Å². The molecule has 0 bridgehead atoms. The lowest BCUT2D eigenvalue weighted by atomic mass is 10.2. The van der Waals surface area contributed by atoms with Crippen LogP contribution in [0.1, 0.15) is 33.6 Å². The third-order valence-electron chi connectivity index (χ3n) is 3.41. The van der Waals surface area contributed by atoms with Crippen LogP contribution in [0.15, 0.2) is 23.2 Å². The fraction of sp³-hybridized carbons (Fsp3) is 0.615. The van der Waals surface area contributed by atoms with Crippen molar-refractivity contribution in [2.45, 2.75) is 44.6 Å². The Hall–Kier alpha value is -1.14. The maximum atomic E-state index is 12.1. The van der Waals surface area contributed by atoms with Crippen molar-refractivity contribution in [3.8, 4) is 0 Å². The number of aromatic nitrogens is 1. The Morgan fingerprint density at radius 1 is 1.42 bits per heavy atom. The van der Waals surface area contributed by atoms with Crippen molar-refractivity contribution >= 4 is 15.8 Å². The van der Waals surface area contributed by atoms with Crippen LogP contribution in [0.5, 0.6) is 0 Å². The van der Waals surface area contributed by atoms with Gasteiger partial charge in [0.25, 0.3) is 0 Å². The van der Waals surface area contributed by atoms with E-state index in [0.29, 0.717) is 5.82 Å². The number of rotatable bonds is 6. The van der Waals surface area contributed by atoms with Crippen LogP contribution < -0.4 is 10.0 Å². The Kier molecular flexibility index (Phi) is 3.82. The zero-order chi connectivity index (χ0) is 14.1. The molecule has 1 heterocycles. The predicted octanol–water partition coefficient (Wildman–Crippen LogP) is 1.98. The highest BCUT2D eigenvalue weighted by Gasteiger charge is 2.47. The normalized spacial score (nSPS) is 21.1. The Labute approximate surface area is 114 Å². The molecule has 0 spiro atoms. The summed E-state index contributed by atoms with van der Waals surface area (Å²) in [7, 11) is -3.45. The van der Waals surface area contributed by atoms with Gasteiger partial charge in [0.2, 0.25) is 10.0 Å². The summed E-state index contributed by atoms with van der Waals surface area (Å²) in [6.07, 6.45) is 3.28. The number of hydrogen-bond acceptors (Lipinski definition) is 4. The van der Waals surface area contributed by atoms with Crippen LogP contribution in [0.3, 0.4) is 0 Å². The van der Waals surface area contributed by atoms with Crippen molar-refractivity contribution in [3.05, 3.63) is 18.3 Å². The second-order valence-electron chi connectivity index (χ2n) is 5.67. The number of nitrogens with zero attached hydrogens (tertiary/aromatic N) is 1. The van der Waals surface area contributed by atoms with Gasteiger partial charge in [-0.25, -0.2) is 18.1 Å². The van der Waals surface area contributed by atoms with Gasteiger partial charge in [0, 0.05) is 18.8 Å². The predicted molar refractivity (Wildman–Crippen MR) is 75.5 cm³/mol. The maximum absolute atomic E-state index is 12.1. The van der Waals surface area contributed by atoms with Crippen molar-refractivity contribution in [1.29, 1.82) is 0 Å². The molecule has 1 saturated carbocycles. The molecule has 0 aliphatic heterocycles. The monoisotopic (exact) mass is 283 g/mol. The molecule has 19 heavy (non-hydrogen) atoms. The number of nitrogens with one attached hydrogen (secondary N) is 2. The molecular weight excluding hydrogens is 262 g/mol. The van der Waals surface area contributed by atoms with Crippen LogP contribution >= 0.6 is 0 Å². The lowest BCUT2D eigenvalue weighted by molar-refractivity contribution is 0.554. The first-order valence-corrected chi connectivity index (χ1v) is 8.06. The van der Waals surface area contributed by atoms with Gasteiger partial charge in [-0.1, -0.05) is 20.8 Å². The number of sulfonamides is 1. The minimum Gasteiger partial charge on any atom is -0.370 e. The van der Waals surface area contributed by atoms with Crippen LogP contribution in [-0.4, -0.2) is 26.0 Å². The SMILES string of the molecule is CCCNc1ccc(S(=O)(=O)NC2CC2(C)C)cn1. The van der Waals surface area contributed by atoms with Crippen molar-refractivity contribution in [1.82, 2.24) is 9.71 Å². The minimum absolute atomic E-state index is 0.0374. The van der Waals surface area contributed by atoms with E-state index in [1.165, 1.54) is 6.20 Å². The molecule has 2 N–H and O–H groups in total. The van der Waals surface area contributed by atoms with Crippen molar-refractivity contribution in [3.63, 3.8) is 0 Å². The Morgan fingerprint density at radius 2 is 2.11 bits per heavy atom. The molecule has 2 rings (SSSR count). The average Bonchev–Trinajstić information content (AvgIpc) is 2.93. The van der Waals surface area contributed by atoms with E-state index in [9.17, 15) is 8.42 Å². The molecule has 1 aromatic heterocycles. The van der Waals surface area contributed by atoms with Gasteiger partial charge in [0.1, 0.15) is 10.7 Å². The lowest BCUT2D eigenvalue weighted by Crippen LogP contribution is -2.28. The van der Waals surface area contributed by atoms with Gasteiger partial charge in [-0.2, -0.15) is 0 Å². The molecule has 1 aromatic rings. The van der Waals surface area contributed by atoms with Crippen molar-refractivity contribution in [2.24, 2.45) is 5.41 Å². The Morgan fingerprint density at radius 3 is 2.58 bits per heavy atom. The van der Waals surface area contributed by atoms with E-state index in [1.54, 1.807) is 12.1 Å². The number of pyridine rings is 1. The van der Waals surface area contributed by atoms with Crippen LogP contribution in [0.25, 0.3) is 0 Å². The van der Waals surface area contributed by atoms with E-state index in [4.69, 9.17) is 0 Å². The zero-order valence-electron chi connectivity index (χ0n) is 11.6. The average molecular weight is 283 g/mol. The summed E-state index contributed by atoms with van der Waals surface area (Å²) in [5.41, 5.74) is 0.0725. The second-order valence-corrected chi connectivity index (χ2v) is 7.39. The molecule has 0 radical (unpaired) electrons. The molecule has 0 aromatic carbocycles. The first-order valence-electron chi connectivity index (χ1n) is 6.57. The smallest absolute Gasteiger partial charge is 0.242 e. The third-order valence-corrected chi connectivity index (χ3v) is 4.87. The Bertz CT molecular complexity index is 538. The molecule has 0 amide bonds. The summed E-state index contributed by atoms with van der Waals surface area (Å²) >= 11 is 0. The third kappa shape index (κ3) is 3.45. The van der Waals surface area contributed by atoms with Crippen LogP contribution in [0, 0.1) is 5.41 Å². The Balaban J connectivity index is 2.04. The van der Waals surface area contributed by atoms with Crippen LogP contribution in [-0.2, 0) is 10.0 Å². The van der Waals surface area contributed by atoms with Crippen molar-refractivity contribution < 1.29 is 8.42 Å². The molecule has 1 aliphatic rings. The van der Waals surface area contributed by atoms with E-state index in [-0.39, 0.29) is 16.4 Å². The van der Waals surface area contributed by atoms with Crippen LogP contribution in [0.4, 0.5) is 5.82 Å². The second kappa shape index (κ2) is 5.09. The van der Waals surface area contributed by atoms with Gasteiger partial charge in [-0.05, 0) is 30.4 Å². The molecular formula is C13H21N3O2S. The van der Waals surface area contributed by atoms with Gasteiger partial charge >= 0.3 is 0 Å². The highest BCUT2D eigenvalue weighted by molar-refractivity contribution is 7.89. The highest BCUT2D eigenvalue weighted by atomic mass is 32.2. The zero-order valence-corrected chi connectivity index (χ0v) is 12.4. The quantitative estimate of drug-likeness (QED) is 0.837. The van der Waals surface area contributed by atoms with Crippen molar-refractivity contribution in [2.75, 3.05) is 11.9 Å². The summed E-state index contributed by atoms with van der Waals surface area (Å²) in [5, 5.41) is 3.11. The topological polar surface area (TPSA) is 71.1 Å². The molecule has 1 fully saturated rings. The minimum atomic E-state index is -3.45. The summed E-state index contributed by atoms with van der Waals surface area (Å²) in [6.45, 7) is 6.99. The van der Waals surface area contributed by atoms with E-state index in [0.717, 1.165) is 19.4 Å². The molecule has 0 saturated heterocycles. The van der Waals surface area contributed by atoms with Gasteiger partial charge in [-0.3, -0.25) is 0 Å². The molecule has 1 aliphatic carbocycles. The standard InChI is InChI=1S/C13H21N3O2S/c1-4-7-14-12-6-5-10(9-15-12)19(17,18)16-11-8-13(11,2)3/h5-6,9,11,16H,4,7-8H2,1-3H3,(H,14,15). The fourth-order valence-corrected chi connectivity index (χ4v) is 3.17. The van der Waals surface area contributed by atoms with E-state index >= 15 is 0 Å². The van der Waals surface area contributed by atoms with Gasteiger partial charge in [0.15, 0.2) is 0 Å². The molecule has 106 valence electrons. The summed E-state index contributed by atoms with van der Waals surface area (Å²) in [4.78, 5) is 4.34. The summed E-state index contributed by atoms with van der Waals surface area (Å²) in [6, 6.07) is 3.32. The fourth-order valence-electron chi connectivity index (χ4n) is 1.82. The number of hydrogen-bond donors (Lipinski definition) is 2. The molecule has 1 unspecified atom stereocenters. The molecule has 6 heteroatoms. The first-order chi connectivity index (χ1) is 8.85. The lowest BCUT2D eigenvalue weighted by Gasteiger charge is -2.09. The van der Waals surface area contributed by atoms with Gasteiger partial charge < -0.3 is 5.32 Å². The number of anilines is 1. The summed E-state index contributed by atoms with van der Waals surface area (Å²) in [5.74, 6) is 0.701. The molecule has 5 nitrogen and oxygen atoms in total. The summed E-state index contributed by atoms with van der Waals surface area (Å²) < 4.78 is 27.0. The first kappa shape index (κ1) is 14.3. The largest absolute Gasteiger partial charge is 0.370 e. The van der Waals surface area contributed by atoms with E-state index < -0.39 is 10.0 Å². The maximum Gasteiger partial charge on any atom is 0.242 e.